The van der Waals surface area contributed by atoms with Crippen LogP contribution in [0, 0.1) is 0 Å². The van der Waals surface area contributed by atoms with E-state index in [2.05, 4.69) is 26.1 Å². The maximum absolute atomic E-state index is 12.1. The fourth-order valence-corrected chi connectivity index (χ4v) is 2.47. The summed E-state index contributed by atoms with van der Waals surface area (Å²) in [5.41, 5.74) is 2.34. The Morgan fingerprint density at radius 3 is 2.79 bits per heavy atom. The standard InChI is InChI=1S/C15H19N5O3S/c1-3-11(18-14(22)19-15-20-17-9-24-15)10-6-4-5-7-12(10)23-8-13(21)16-2/h4-7,9,11H,3,8H2,1-2H3,(H,16,21)(H2,18,19,20,22)/t11-/m0/s1. The second-order valence-electron chi connectivity index (χ2n) is 4.80. The third-order valence-corrected chi connectivity index (χ3v) is 3.83. The van der Waals surface area contributed by atoms with Gasteiger partial charge in [-0.05, 0) is 12.5 Å². The number of carbonyl (C=O) groups excluding carboxylic acids is 2. The largest absolute Gasteiger partial charge is 0.483 e. The quantitative estimate of drug-likeness (QED) is 0.708. The van der Waals surface area contributed by atoms with Crippen molar-refractivity contribution in [3.8, 4) is 5.75 Å². The molecule has 0 aliphatic carbocycles. The molecule has 128 valence electrons. The number of benzene rings is 1. The first kappa shape index (κ1) is 17.7. The Labute approximate surface area is 143 Å². The first-order valence-corrected chi connectivity index (χ1v) is 8.28. The Bertz CT molecular complexity index is 678. The SMILES string of the molecule is CC[C@H](NC(=O)Nc1nncs1)c1ccccc1OCC(=O)NC. The predicted molar refractivity (Wildman–Crippen MR) is 91.1 cm³/mol. The minimum absolute atomic E-state index is 0.0824. The van der Waals surface area contributed by atoms with E-state index in [9.17, 15) is 9.59 Å². The van der Waals surface area contributed by atoms with Crippen molar-refractivity contribution in [3.05, 3.63) is 35.3 Å². The van der Waals surface area contributed by atoms with Gasteiger partial charge in [-0.15, -0.1) is 10.2 Å². The zero-order valence-corrected chi connectivity index (χ0v) is 14.2. The molecule has 0 fully saturated rings. The fourth-order valence-electron chi connectivity index (χ4n) is 2.03. The summed E-state index contributed by atoms with van der Waals surface area (Å²) in [6.07, 6.45) is 0.657. The number of urea groups is 1. The van der Waals surface area contributed by atoms with Crippen molar-refractivity contribution in [1.82, 2.24) is 20.8 Å². The van der Waals surface area contributed by atoms with Gasteiger partial charge in [0.1, 0.15) is 11.3 Å². The summed E-state index contributed by atoms with van der Waals surface area (Å²) in [6, 6.07) is 6.66. The summed E-state index contributed by atoms with van der Waals surface area (Å²) in [5, 5.41) is 15.8. The van der Waals surface area contributed by atoms with Crippen molar-refractivity contribution in [2.45, 2.75) is 19.4 Å². The average Bonchev–Trinajstić information content (AvgIpc) is 3.10. The summed E-state index contributed by atoms with van der Waals surface area (Å²) in [6.45, 7) is 1.87. The minimum Gasteiger partial charge on any atom is -0.483 e. The lowest BCUT2D eigenvalue weighted by atomic mass is 10.0. The Kier molecular flexibility index (Phi) is 6.50. The Balaban J connectivity index is 2.06. The summed E-state index contributed by atoms with van der Waals surface area (Å²) in [5.74, 6) is 0.337. The highest BCUT2D eigenvalue weighted by Gasteiger charge is 2.18. The molecule has 0 bridgehead atoms. The minimum atomic E-state index is -0.375. The van der Waals surface area contributed by atoms with Crippen LogP contribution in [0.25, 0.3) is 0 Å². The molecule has 2 aromatic rings. The van der Waals surface area contributed by atoms with Crippen LogP contribution < -0.4 is 20.7 Å². The molecule has 0 saturated heterocycles. The smallest absolute Gasteiger partial charge is 0.321 e. The molecule has 1 aromatic carbocycles. The van der Waals surface area contributed by atoms with E-state index in [1.54, 1.807) is 13.1 Å². The number of nitrogens with one attached hydrogen (secondary N) is 3. The molecule has 2 rings (SSSR count). The maximum Gasteiger partial charge on any atom is 0.321 e. The molecule has 1 heterocycles. The maximum atomic E-state index is 12.1. The molecule has 3 N–H and O–H groups in total. The van der Waals surface area contributed by atoms with Crippen molar-refractivity contribution >= 4 is 28.4 Å². The van der Waals surface area contributed by atoms with Gasteiger partial charge in [-0.3, -0.25) is 10.1 Å². The Morgan fingerprint density at radius 2 is 2.12 bits per heavy atom. The van der Waals surface area contributed by atoms with Crippen LogP contribution in [0.15, 0.2) is 29.8 Å². The number of rotatable bonds is 7. The van der Waals surface area contributed by atoms with Crippen LogP contribution in [0.1, 0.15) is 24.9 Å². The Hall–Kier alpha value is -2.68. The normalized spacial score (nSPS) is 11.4. The van der Waals surface area contributed by atoms with Crippen molar-refractivity contribution in [3.63, 3.8) is 0 Å². The first-order chi connectivity index (χ1) is 11.6. The lowest BCUT2D eigenvalue weighted by molar-refractivity contribution is -0.122. The first-order valence-electron chi connectivity index (χ1n) is 7.40. The third kappa shape index (κ3) is 4.92. The summed E-state index contributed by atoms with van der Waals surface area (Å²) >= 11 is 1.24. The highest BCUT2D eigenvalue weighted by atomic mass is 32.1. The van der Waals surface area contributed by atoms with Crippen molar-refractivity contribution in [2.24, 2.45) is 0 Å². The van der Waals surface area contributed by atoms with E-state index in [-0.39, 0.29) is 24.6 Å². The van der Waals surface area contributed by atoms with Crippen molar-refractivity contribution in [2.75, 3.05) is 19.0 Å². The second-order valence-corrected chi connectivity index (χ2v) is 5.64. The van der Waals surface area contributed by atoms with Crippen LogP contribution in [0.2, 0.25) is 0 Å². The average molecular weight is 349 g/mol. The lowest BCUT2D eigenvalue weighted by Crippen LogP contribution is -2.32. The van der Waals surface area contributed by atoms with Crippen molar-refractivity contribution < 1.29 is 14.3 Å². The molecule has 0 aliphatic rings. The van der Waals surface area contributed by atoms with Gasteiger partial charge >= 0.3 is 6.03 Å². The van der Waals surface area contributed by atoms with Crippen LogP contribution in [-0.2, 0) is 4.79 Å². The molecular formula is C15H19N5O3S. The number of ether oxygens (including phenoxy) is 1. The molecule has 1 aromatic heterocycles. The van der Waals surface area contributed by atoms with Crippen LogP contribution in [0.3, 0.4) is 0 Å². The molecule has 0 spiro atoms. The number of aromatic nitrogens is 2. The van der Waals surface area contributed by atoms with Gasteiger partial charge in [0.05, 0.1) is 6.04 Å². The van der Waals surface area contributed by atoms with Crippen LogP contribution in [0.4, 0.5) is 9.93 Å². The third-order valence-electron chi connectivity index (χ3n) is 3.23. The molecule has 3 amide bonds. The molecule has 0 saturated carbocycles. The number of nitrogens with zero attached hydrogens (tertiary/aromatic N) is 2. The molecular weight excluding hydrogens is 330 g/mol. The van der Waals surface area contributed by atoms with Gasteiger partial charge < -0.3 is 15.4 Å². The van der Waals surface area contributed by atoms with Gasteiger partial charge in [0, 0.05) is 12.6 Å². The molecule has 0 radical (unpaired) electrons. The van der Waals surface area contributed by atoms with Gasteiger partial charge in [0.15, 0.2) is 6.61 Å². The van der Waals surface area contributed by atoms with E-state index in [0.29, 0.717) is 17.3 Å². The van der Waals surface area contributed by atoms with E-state index in [4.69, 9.17) is 4.74 Å². The van der Waals surface area contributed by atoms with Crippen LogP contribution in [0.5, 0.6) is 5.75 Å². The number of hydrogen-bond acceptors (Lipinski definition) is 6. The molecule has 1 atom stereocenters. The number of amides is 3. The zero-order chi connectivity index (χ0) is 17.4. The molecule has 0 aliphatic heterocycles. The Morgan fingerprint density at radius 1 is 1.33 bits per heavy atom. The number of likely N-dealkylation sites (N-methyl/N-ethyl adjacent to an activating group) is 1. The monoisotopic (exact) mass is 349 g/mol. The summed E-state index contributed by atoms with van der Waals surface area (Å²) in [4.78, 5) is 23.5. The van der Waals surface area contributed by atoms with Crippen LogP contribution in [-0.4, -0.2) is 35.8 Å². The number of para-hydroxylation sites is 1. The van der Waals surface area contributed by atoms with Crippen LogP contribution >= 0.6 is 11.3 Å². The lowest BCUT2D eigenvalue weighted by Gasteiger charge is -2.20. The van der Waals surface area contributed by atoms with E-state index in [1.807, 2.05) is 25.1 Å². The van der Waals surface area contributed by atoms with E-state index in [0.717, 1.165) is 5.56 Å². The predicted octanol–water partition coefficient (Wildman–Crippen LogP) is 1.94. The van der Waals surface area contributed by atoms with E-state index < -0.39 is 0 Å². The van der Waals surface area contributed by atoms with Gasteiger partial charge in [-0.2, -0.15) is 0 Å². The van der Waals surface area contributed by atoms with Gasteiger partial charge in [-0.1, -0.05) is 36.5 Å². The number of hydrogen-bond donors (Lipinski definition) is 3. The molecule has 8 nitrogen and oxygen atoms in total. The zero-order valence-electron chi connectivity index (χ0n) is 13.4. The molecule has 0 unspecified atom stereocenters. The highest BCUT2D eigenvalue weighted by molar-refractivity contribution is 7.13. The summed E-state index contributed by atoms with van der Waals surface area (Å²) < 4.78 is 5.56. The van der Waals surface area contributed by atoms with E-state index >= 15 is 0 Å². The second kappa shape index (κ2) is 8.82. The number of carbonyl (C=O) groups is 2. The number of anilines is 1. The molecule has 9 heteroatoms. The summed E-state index contributed by atoms with van der Waals surface area (Å²) in [7, 11) is 1.55. The topological polar surface area (TPSA) is 105 Å². The van der Waals surface area contributed by atoms with Gasteiger partial charge in [0.2, 0.25) is 5.13 Å². The van der Waals surface area contributed by atoms with Gasteiger partial charge in [-0.25, -0.2) is 4.79 Å². The van der Waals surface area contributed by atoms with Crippen molar-refractivity contribution in [1.29, 1.82) is 0 Å². The van der Waals surface area contributed by atoms with E-state index in [1.165, 1.54) is 16.8 Å². The fraction of sp³-hybridized carbons (Fsp3) is 0.333. The molecule has 24 heavy (non-hydrogen) atoms. The highest BCUT2D eigenvalue weighted by Crippen LogP contribution is 2.27. The van der Waals surface area contributed by atoms with Gasteiger partial charge in [0.25, 0.3) is 5.91 Å².